The third-order valence-corrected chi connectivity index (χ3v) is 4.30. The Morgan fingerprint density at radius 2 is 1.91 bits per heavy atom. The Hall–Kier alpha value is 0. The highest BCUT2D eigenvalue weighted by molar-refractivity contribution is 4.98. The summed E-state index contributed by atoms with van der Waals surface area (Å²) in [5, 5.41) is 0. The minimum atomic E-state index is 0.758. The number of fused-ring (bicyclic) bond motifs is 2. The zero-order chi connectivity index (χ0) is 7.95. The van der Waals surface area contributed by atoms with Crippen LogP contribution in [0.2, 0.25) is 0 Å². The van der Waals surface area contributed by atoms with Crippen LogP contribution in [-0.2, 0) is 0 Å². The van der Waals surface area contributed by atoms with Gasteiger partial charge in [-0.15, -0.1) is 0 Å². The normalized spacial score (nSPS) is 49.6. The first-order valence-electron chi connectivity index (χ1n) is 5.18. The average molecular weight is 152 g/mol. The maximum atomic E-state index is 2.50. The summed E-state index contributed by atoms with van der Waals surface area (Å²) in [6, 6.07) is 0. The molecule has 0 spiro atoms. The van der Waals surface area contributed by atoms with Crippen molar-refractivity contribution >= 4 is 0 Å². The summed E-state index contributed by atoms with van der Waals surface area (Å²) in [6.45, 7) is 4.89. The smallest absolute Gasteiger partial charge is 0.0295 e. The molecule has 11 heavy (non-hydrogen) atoms. The number of hydrogen-bond acceptors (Lipinski definition) is 0. The van der Waals surface area contributed by atoms with Crippen molar-refractivity contribution in [3.05, 3.63) is 0 Å². The van der Waals surface area contributed by atoms with E-state index in [1.54, 1.807) is 0 Å². The van der Waals surface area contributed by atoms with Gasteiger partial charge < -0.3 is 0 Å². The maximum absolute atomic E-state index is 2.50. The first-order chi connectivity index (χ1) is 5.18. The molecular weight excluding hydrogens is 132 g/mol. The molecule has 0 aromatic heterocycles. The van der Waals surface area contributed by atoms with Crippen molar-refractivity contribution in [3.63, 3.8) is 0 Å². The fraction of sp³-hybridized carbons (Fsp3) is 1.00. The molecule has 0 radical (unpaired) electrons. The second-order valence-electron chi connectivity index (χ2n) is 5.19. The van der Waals surface area contributed by atoms with Crippen LogP contribution in [0.1, 0.15) is 58.8 Å². The van der Waals surface area contributed by atoms with E-state index >= 15 is 0 Å². The van der Waals surface area contributed by atoms with E-state index in [4.69, 9.17) is 0 Å². The molecule has 2 aliphatic rings. The molecule has 2 aliphatic carbocycles. The Balaban J connectivity index is 2.17. The molecule has 2 saturated carbocycles. The molecule has 0 aromatic carbocycles. The quantitative estimate of drug-likeness (QED) is 0.536. The van der Waals surface area contributed by atoms with Crippen molar-refractivity contribution in [1.29, 1.82) is 0 Å². The van der Waals surface area contributed by atoms with Crippen LogP contribution in [0, 0.1) is 10.8 Å². The lowest BCUT2D eigenvalue weighted by molar-refractivity contribution is 0.149. The molecular formula is C11H20. The highest BCUT2D eigenvalue weighted by Gasteiger charge is 2.46. The van der Waals surface area contributed by atoms with Gasteiger partial charge in [-0.05, 0) is 42.9 Å². The van der Waals surface area contributed by atoms with Gasteiger partial charge in [0.1, 0.15) is 0 Å². The molecule has 0 aromatic rings. The van der Waals surface area contributed by atoms with Crippen LogP contribution in [0.5, 0.6) is 0 Å². The molecule has 64 valence electrons. The van der Waals surface area contributed by atoms with E-state index in [9.17, 15) is 0 Å². The molecule has 0 saturated heterocycles. The molecule has 2 unspecified atom stereocenters. The Morgan fingerprint density at radius 1 is 1.09 bits per heavy atom. The van der Waals surface area contributed by atoms with Crippen molar-refractivity contribution in [2.24, 2.45) is 10.8 Å². The molecule has 0 heteroatoms. The van der Waals surface area contributed by atoms with E-state index in [1.165, 1.54) is 44.9 Å². The SMILES string of the molecule is CCC12CCCC(C)(CC1)C2. The van der Waals surface area contributed by atoms with Crippen LogP contribution in [0.4, 0.5) is 0 Å². The summed E-state index contributed by atoms with van der Waals surface area (Å²) in [6.07, 6.45) is 10.6. The largest absolute Gasteiger partial charge is 0.0649 e. The summed E-state index contributed by atoms with van der Waals surface area (Å²) >= 11 is 0. The summed E-state index contributed by atoms with van der Waals surface area (Å²) in [4.78, 5) is 0. The molecule has 2 atom stereocenters. The second kappa shape index (κ2) is 2.24. The van der Waals surface area contributed by atoms with Crippen molar-refractivity contribution in [3.8, 4) is 0 Å². The molecule has 2 fully saturated rings. The van der Waals surface area contributed by atoms with Crippen LogP contribution in [-0.4, -0.2) is 0 Å². The van der Waals surface area contributed by atoms with Crippen LogP contribution in [0.15, 0.2) is 0 Å². The monoisotopic (exact) mass is 152 g/mol. The van der Waals surface area contributed by atoms with Crippen LogP contribution >= 0.6 is 0 Å². The average Bonchev–Trinajstić information content (AvgIpc) is 2.24. The third-order valence-electron chi connectivity index (χ3n) is 4.30. The van der Waals surface area contributed by atoms with Gasteiger partial charge in [0, 0.05) is 0 Å². The zero-order valence-electron chi connectivity index (χ0n) is 7.95. The van der Waals surface area contributed by atoms with Gasteiger partial charge in [0.25, 0.3) is 0 Å². The van der Waals surface area contributed by atoms with Crippen molar-refractivity contribution in [2.45, 2.75) is 58.8 Å². The van der Waals surface area contributed by atoms with Crippen molar-refractivity contribution < 1.29 is 0 Å². The van der Waals surface area contributed by atoms with Gasteiger partial charge in [0.15, 0.2) is 0 Å². The van der Waals surface area contributed by atoms with E-state index in [2.05, 4.69) is 13.8 Å². The van der Waals surface area contributed by atoms with E-state index in [0.29, 0.717) is 0 Å². The van der Waals surface area contributed by atoms with Gasteiger partial charge in [-0.25, -0.2) is 0 Å². The molecule has 0 N–H and O–H groups in total. The zero-order valence-corrected chi connectivity index (χ0v) is 7.95. The van der Waals surface area contributed by atoms with Crippen LogP contribution in [0.3, 0.4) is 0 Å². The predicted molar refractivity (Wildman–Crippen MR) is 48.5 cm³/mol. The standard InChI is InChI=1S/C11H20/c1-3-11-6-4-5-10(2,9-11)7-8-11/h3-9H2,1-2H3. The van der Waals surface area contributed by atoms with Crippen LogP contribution in [0.25, 0.3) is 0 Å². The highest BCUT2D eigenvalue weighted by atomic mass is 14.5. The lowest BCUT2D eigenvalue weighted by Gasteiger charge is -2.36. The van der Waals surface area contributed by atoms with Gasteiger partial charge in [-0.2, -0.15) is 0 Å². The molecule has 0 nitrogen and oxygen atoms in total. The van der Waals surface area contributed by atoms with E-state index in [0.717, 1.165) is 10.8 Å². The molecule has 0 heterocycles. The molecule has 2 rings (SSSR count). The first kappa shape index (κ1) is 7.64. The number of hydrogen-bond donors (Lipinski definition) is 0. The third kappa shape index (κ3) is 1.11. The second-order valence-corrected chi connectivity index (χ2v) is 5.19. The summed E-state index contributed by atoms with van der Waals surface area (Å²) < 4.78 is 0. The minimum Gasteiger partial charge on any atom is -0.0649 e. The Labute approximate surface area is 70.4 Å². The first-order valence-corrected chi connectivity index (χ1v) is 5.18. The summed E-state index contributed by atoms with van der Waals surface area (Å²) in [7, 11) is 0. The summed E-state index contributed by atoms with van der Waals surface area (Å²) in [5.74, 6) is 0. The Kier molecular flexibility index (Phi) is 1.56. The molecule has 0 aliphatic heterocycles. The van der Waals surface area contributed by atoms with Crippen molar-refractivity contribution in [2.75, 3.05) is 0 Å². The topological polar surface area (TPSA) is 0 Å². The van der Waals surface area contributed by atoms with Gasteiger partial charge >= 0.3 is 0 Å². The maximum Gasteiger partial charge on any atom is -0.0295 e. The number of rotatable bonds is 1. The van der Waals surface area contributed by atoms with Crippen molar-refractivity contribution in [1.82, 2.24) is 0 Å². The van der Waals surface area contributed by atoms with Gasteiger partial charge in [-0.3, -0.25) is 0 Å². The highest BCUT2D eigenvalue weighted by Crippen LogP contribution is 2.59. The van der Waals surface area contributed by atoms with E-state index in [1.807, 2.05) is 0 Å². The Bertz CT molecular complexity index is 161. The fourth-order valence-corrected chi connectivity index (χ4v) is 3.44. The summed E-state index contributed by atoms with van der Waals surface area (Å²) in [5.41, 5.74) is 1.56. The minimum absolute atomic E-state index is 0.758. The van der Waals surface area contributed by atoms with Gasteiger partial charge in [0.2, 0.25) is 0 Å². The fourth-order valence-electron chi connectivity index (χ4n) is 3.44. The van der Waals surface area contributed by atoms with E-state index in [-0.39, 0.29) is 0 Å². The van der Waals surface area contributed by atoms with Crippen LogP contribution < -0.4 is 0 Å². The lowest BCUT2D eigenvalue weighted by Crippen LogP contribution is -2.24. The van der Waals surface area contributed by atoms with Gasteiger partial charge in [0.05, 0.1) is 0 Å². The molecule has 2 bridgehead atoms. The predicted octanol–water partition coefficient (Wildman–Crippen LogP) is 3.76. The van der Waals surface area contributed by atoms with E-state index < -0.39 is 0 Å². The van der Waals surface area contributed by atoms with Gasteiger partial charge in [-0.1, -0.05) is 26.7 Å². The Morgan fingerprint density at radius 3 is 2.55 bits per heavy atom. The lowest BCUT2D eigenvalue weighted by atomic mass is 9.69. The molecule has 0 amide bonds.